The zero-order valence-electron chi connectivity index (χ0n) is 15.1. The number of aromatic nitrogens is 5. The highest BCUT2D eigenvalue weighted by Crippen LogP contribution is 2.28. The van der Waals surface area contributed by atoms with Crippen LogP contribution in [0, 0.1) is 0 Å². The Morgan fingerprint density at radius 2 is 2.00 bits per heavy atom. The third kappa shape index (κ3) is 2.75. The van der Waals surface area contributed by atoms with Gasteiger partial charge in [-0.25, -0.2) is 14.8 Å². The van der Waals surface area contributed by atoms with Crippen LogP contribution in [0.15, 0.2) is 36.9 Å². The highest BCUT2D eigenvalue weighted by molar-refractivity contribution is 5.93. The van der Waals surface area contributed by atoms with Gasteiger partial charge in [0.1, 0.15) is 11.3 Å². The van der Waals surface area contributed by atoms with Crippen LogP contribution in [0.1, 0.15) is 12.5 Å². The lowest BCUT2D eigenvalue weighted by atomic mass is 10.3. The first-order valence-corrected chi connectivity index (χ1v) is 9.08. The van der Waals surface area contributed by atoms with Gasteiger partial charge in [0.15, 0.2) is 5.65 Å². The summed E-state index contributed by atoms with van der Waals surface area (Å²) in [6, 6.07) is 4.24. The van der Waals surface area contributed by atoms with Crippen LogP contribution < -0.4 is 9.80 Å². The first-order valence-electron chi connectivity index (χ1n) is 9.08. The highest BCUT2D eigenvalue weighted by atomic mass is 16.2. The molecule has 2 fully saturated rings. The monoisotopic (exact) mass is 364 g/mol. The van der Waals surface area contributed by atoms with Crippen molar-refractivity contribution in [3.05, 3.63) is 36.9 Å². The van der Waals surface area contributed by atoms with E-state index in [-0.39, 0.29) is 12.1 Å². The fraction of sp³-hybridized carbons (Fsp3) is 0.389. The van der Waals surface area contributed by atoms with Crippen molar-refractivity contribution in [1.29, 1.82) is 0 Å². The molecule has 2 aliphatic rings. The smallest absolute Gasteiger partial charge is 0.324 e. The van der Waals surface area contributed by atoms with Crippen LogP contribution in [-0.4, -0.2) is 68.9 Å². The number of nitrogens with zero attached hydrogens (tertiary/aromatic N) is 8. The van der Waals surface area contributed by atoms with Gasteiger partial charge in [0.2, 0.25) is 0 Å². The average molecular weight is 364 g/mol. The summed E-state index contributed by atoms with van der Waals surface area (Å²) in [5.74, 6) is 0.911. The number of rotatable bonds is 3. The molecule has 0 N–H and O–H groups in total. The molecule has 2 amide bonds. The molecule has 5 rings (SSSR count). The van der Waals surface area contributed by atoms with Crippen molar-refractivity contribution in [3.8, 4) is 0 Å². The van der Waals surface area contributed by atoms with Crippen molar-refractivity contribution in [2.75, 3.05) is 43.0 Å². The summed E-state index contributed by atoms with van der Waals surface area (Å²) in [6.45, 7) is 3.19. The molecule has 3 aromatic heterocycles. The van der Waals surface area contributed by atoms with E-state index in [1.165, 1.54) is 0 Å². The number of fused-ring (bicyclic) bond motifs is 1. The van der Waals surface area contributed by atoms with E-state index in [0.717, 1.165) is 43.1 Å². The van der Waals surface area contributed by atoms with Gasteiger partial charge in [-0.05, 0) is 18.6 Å². The van der Waals surface area contributed by atoms with Gasteiger partial charge in [-0.15, -0.1) is 0 Å². The highest BCUT2D eigenvalue weighted by Gasteiger charge is 2.30. The second-order valence-corrected chi connectivity index (χ2v) is 6.99. The van der Waals surface area contributed by atoms with Crippen molar-refractivity contribution in [2.24, 2.45) is 0 Å². The minimum atomic E-state index is 0.0315. The SMILES string of the molecule is CN1CCN(c2cnn(C3CCN(c4ccc5nccnc5n4)C3)c2)C1=O. The average Bonchev–Trinajstić information content (AvgIpc) is 3.42. The first-order chi connectivity index (χ1) is 13.2. The van der Waals surface area contributed by atoms with Crippen LogP contribution in [0.5, 0.6) is 0 Å². The molecule has 0 aromatic carbocycles. The Kier molecular flexibility index (Phi) is 3.66. The number of carbonyl (C=O) groups excluding carboxylic acids is 1. The lowest BCUT2D eigenvalue weighted by Crippen LogP contribution is -2.28. The van der Waals surface area contributed by atoms with Crippen molar-refractivity contribution in [2.45, 2.75) is 12.5 Å². The largest absolute Gasteiger partial charge is 0.354 e. The molecule has 138 valence electrons. The van der Waals surface area contributed by atoms with Crippen molar-refractivity contribution in [1.82, 2.24) is 29.6 Å². The van der Waals surface area contributed by atoms with Gasteiger partial charge < -0.3 is 9.80 Å². The zero-order valence-corrected chi connectivity index (χ0v) is 15.1. The standard InChI is InChI=1S/C18H20N8O/c1-23-8-9-25(18(23)27)14-10-21-26(12-14)13-4-7-24(11-13)16-3-2-15-17(22-16)20-6-5-19-15/h2-3,5-6,10,12-13H,4,7-9,11H2,1H3. The molecule has 9 heteroatoms. The third-order valence-electron chi connectivity index (χ3n) is 5.29. The lowest BCUT2D eigenvalue weighted by molar-refractivity contribution is 0.229. The molecular formula is C18H20N8O. The van der Waals surface area contributed by atoms with E-state index in [1.807, 2.05) is 30.1 Å². The minimum Gasteiger partial charge on any atom is -0.354 e. The first kappa shape index (κ1) is 16.0. The van der Waals surface area contributed by atoms with Crippen molar-refractivity contribution >= 4 is 28.7 Å². The number of pyridine rings is 1. The molecule has 0 bridgehead atoms. The number of likely N-dealkylation sites (N-methyl/N-ethyl adjacent to an activating group) is 1. The number of hydrogen-bond acceptors (Lipinski definition) is 6. The Bertz CT molecular complexity index is 1000. The number of hydrogen-bond donors (Lipinski definition) is 0. The van der Waals surface area contributed by atoms with Crippen molar-refractivity contribution < 1.29 is 4.79 Å². The summed E-state index contributed by atoms with van der Waals surface area (Å²) in [6.07, 6.45) is 8.07. The Balaban J connectivity index is 1.32. The van der Waals surface area contributed by atoms with Gasteiger partial charge in [0.05, 0.1) is 17.9 Å². The summed E-state index contributed by atoms with van der Waals surface area (Å²) in [4.78, 5) is 31.1. The summed E-state index contributed by atoms with van der Waals surface area (Å²) >= 11 is 0. The lowest BCUT2D eigenvalue weighted by Gasteiger charge is -2.18. The molecule has 1 atom stereocenters. The molecule has 27 heavy (non-hydrogen) atoms. The van der Waals surface area contributed by atoms with Crippen LogP contribution in [0.4, 0.5) is 16.3 Å². The topological polar surface area (TPSA) is 83.3 Å². The molecule has 0 aliphatic carbocycles. The molecule has 2 aliphatic heterocycles. The molecule has 2 saturated heterocycles. The van der Waals surface area contributed by atoms with Crippen LogP contribution in [-0.2, 0) is 0 Å². The maximum Gasteiger partial charge on any atom is 0.324 e. The second-order valence-electron chi connectivity index (χ2n) is 6.99. The molecule has 5 heterocycles. The van der Waals surface area contributed by atoms with Crippen LogP contribution in [0.2, 0.25) is 0 Å². The van der Waals surface area contributed by atoms with Gasteiger partial charge in [0.25, 0.3) is 0 Å². The molecule has 0 spiro atoms. The number of urea groups is 1. The molecule has 1 unspecified atom stereocenters. The fourth-order valence-electron chi connectivity index (χ4n) is 3.74. The number of amides is 2. The molecule has 0 saturated carbocycles. The van der Waals surface area contributed by atoms with Crippen LogP contribution >= 0.6 is 0 Å². The van der Waals surface area contributed by atoms with E-state index in [4.69, 9.17) is 0 Å². The van der Waals surface area contributed by atoms with Gasteiger partial charge in [-0.2, -0.15) is 5.10 Å². The number of anilines is 2. The number of carbonyl (C=O) groups is 1. The predicted molar refractivity (Wildman–Crippen MR) is 101 cm³/mol. The van der Waals surface area contributed by atoms with Gasteiger partial charge in [-0.1, -0.05) is 0 Å². The summed E-state index contributed by atoms with van der Waals surface area (Å²) in [7, 11) is 1.82. The van der Waals surface area contributed by atoms with E-state index in [2.05, 4.69) is 25.0 Å². The fourth-order valence-corrected chi connectivity index (χ4v) is 3.74. The molecule has 3 aromatic rings. The maximum atomic E-state index is 12.2. The molecule has 9 nitrogen and oxygen atoms in total. The van der Waals surface area contributed by atoms with E-state index in [0.29, 0.717) is 12.2 Å². The van der Waals surface area contributed by atoms with E-state index >= 15 is 0 Å². The van der Waals surface area contributed by atoms with Gasteiger partial charge in [-0.3, -0.25) is 14.6 Å². The molecule has 0 radical (unpaired) electrons. The Hall–Kier alpha value is -3.23. The summed E-state index contributed by atoms with van der Waals surface area (Å²) in [5, 5.41) is 4.52. The van der Waals surface area contributed by atoms with Crippen LogP contribution in [0.25, 0.3) is 11.2 Å². The third-order valence-corrected chi connectivity index (χ3v) is 5.29. The zero-order chi connectivity index (χ0) is 18.4. The summed E-state index contributed by atoms with van der Waals surface area (Å²) < 4.78 is 1.97. The predicted octanol–water partition coefficient (Wildman–Crippen LogP) is 1.54. The van der Waals surface area contributed by atoms with Crippen molar-refractivity contribution in [3.63, 3.8) is 0 Å². The van der Waals surface area contributed by atoms with Gasteiger partial charge in [0, 0.05) is 51.8 Å². The quantitative estimate of drug-likeness (QED) is 0.701. The Morgan fingerprint density at radius 3 is 2.85 bits per heavy atom. The normalized spacial score (nSPS) is 20.3. The second kappa shape index (κ2) is 6.19. The van der Waals surface area contributed by atoms with E-state index < -0.39 is 0 Å². The van der Waals surface area contributed by atoms with E-state index in [9.17, 15) is 4.79 Å². The Morgan fingerprint density at radius 1 is 1.11 bits per heavy atom. The summed E-state index contributed by atoms with van der Waals surface area (Å²) in [5.41, 5.74) is 2.33. The van der Waals surface area contributed by atoms with E-state index in [1.54, 1.807) is 28.4 Å². The minimum absolute atomic E-state index is 0.0315. The van der Waals surface area contributed by atoms with Gasteiger partial charge >= 0.3 is 6.03 Å². The molecular weight excluding hydrogens is 344 g/mol. The van der Waals surface area contributed by atoms with Crippen LogP contribution in [0.3, 0.4) is 0 Å². The Labute approximate surface area is 156 Å². The maximum absolute atomic E-state index is 12.2.